The second-order valence-corrected chi connectivity index (χ2v) is 15.4. The average Bonchev–Trinajstić information content (AvgIpc) is 3.36. The van der Waals surface area contributed by atoms with Crippen LogP contribution in [0.2, 0.25) is 0 Å². The Balaban J connectivity index is 0.000000264. The predicted molar refractivity (Wildman–Crippen MR) is 264 cm³/mol. The number of hydrogen-bond acceptors (Lipinski definition) is 11. The number of likely N-dealkylation sites (tertiary alicyclic amines) is 1. The summed E-state index contributed by atoms with van der Waals surface area (Å²) in [7, 11) is 3.59. The Morgan fingerprint density at radius 1 is 0.803 bits per heavy atom. The minimum atomic E-state index is -0.250. The Morgan fingerprint density at radius 2 is 1.42 bits per heavy atom. The van der Waals surface area contributed by atoms with Gasteiger partial charge in [-0.1, -0.05) is 117 Å². The first-order valence-electron chi connectivity index (χ1n) is 22.2. The van der Waals surface area contributed by atoms with Crippen molar-refractivity contribution in [3.05, 3.63) is 177 Å². The van der Waals surface area contributed by atoms with E-state index in [4.69, 9.17) is 20.4 Å². The number of carbonyl (C=O) groups excluding carboxylic acids is 2. The highest BCUT2D eigenvalue weighted by atomic mass is 16.5. The van der Waals surface area contributed by atoms with Crippen molar-refractivity contribution >= 4 is 29.9 Å². The second kappa shape index (κ2) is 31.4. The number of carboxylic acid groups (broad SMARTS) is 1. The van der Waals surface area contributed by atoms with Crippen LogP contribution in [0.1, 0.15) is 93.6 Å². The quantitative estimate of drug-likeness (QED) is 0.0512. The molecule has 0 aliphatic carbocycles. The van der Waals surface area contributed by atoms with Gasteiger partial charge in [0.1, 0.15) is 30.7 Å². The monoisotopic (exact) mass is 901 g/mol. The van der Waals surface area contributed by atoms with Crippen LogP contribution in [0.15, 0.2) is 132 Å². The fourth-order valence-corrected chi connectivity index (χ4v) is 7.15. The fraction of sp³-hybridized carbons (Fsp3) is 0.321. The summed E-state index contributed by atoms with van der Waals surface area (Å²) in [6.07, 6.45) is 5.98. The zero-order chi connectivity index (χ0) is 47.9. The van der Waals surface area contributed by atoms with Crippen LogP contribution in [0.25, 0.3) is 10.9 Å². The van der Waals surface area contributed by atoms with Crippen LogP contribution in [0.3, 0.4) is 0 Å². The molecule has 0 amide bonds. The number of ether oxygens (including phenoxy) is 2. The first-order chi connectivity index (χ1) is 32.1. The predicted octanol–water partition coefficient (Wildman–Crippen LogP) is 8.11. The molecule has 0 spiro atoms. The molecule has 7 N–H and O–H groups in total. The van der Waals surface area contributed by atoms with Gasteiger partial charge in [-0.05, 0) is 97.5 Å². The number of pyridine rings is 1. The zero-order valence-corrected chi connectivity index (χ0v) is 38.7. The van der Waals surface area contributed by atoms with Gasteiger partial charge in [0.2, 0.25) is 5.56 Å². The van der Waals surface area contributed by atoms with Crippen LogP contribution in [0.4, 0.5) is 0 Å². The van der Waals surface area contributed by atoms with Crippen LogP contribution in [0, 0.1) is 0 Å². The molecule has 1 fully saturated rings. The van der Waals surface area contributed by atoms with Gasteiger partial charge < -0.3 is 45.9 Å². The number of phenols is 1. The van der Waals surface area contributed by atoms with E-state index < -0.39 is 0 Å². The third-order valence-electron chi connectivity index (χ3n) is 10.7. The topological polar surface area (TPSA) is 196 Å². The number of aromatic amines is 1. The maximum absolute atomic E-state index is 11.5. The number of nitrogens with one attached hydrogen (secondary N) is 3. The molecule has 1 saturated heterocycles. The zero-order valence-electron chi connectivity index (χ0n) is 38.7. The van der Waals surface area contributed by atoms with Gasteiger partial charge in [-0.3, -0.25) is 19.2 Å². The molecule has 1 aromatic heterocycles. The van der Waals surface area contributed by atoms with Gasteiger partial charge in [-0.2, -0.15) is 0 Å². The number of benzene rings is 5. The first-order valence-corrected chi connectivity index (χ1v) is 22.2. The van der Waals surface area contributed by atoms with Crippen molar-refractivity contribution in [2.24, 2.45) is 5.73 Å². The summed E-state index contributed by atoms with van der Waals surface area (Å²) in [6.45, 7) is 11.2. The van der Waals surface area contributed by atoms with Crippen LogP contribution in [0.5, 0.6) is 11.5 Å². The third kappa shape index (κ3) is 18.9. The van der Waals surface area contributed by atoms with E-state index in [1.165, 1.54) is 50.5 Å². The maximum Gasteiger partial charge on any atom is 0.290 e. The van der Waals surface area contributed by atoms with E-state index in [1.54, 1.807) is 43.5 Å². The third-order valence-corrected chi connectivity index (χ3v) is 10.7. The van der Waals surface area contributed by atoms with Crippen LogP contribution >= 0.6 is 0 Å². The molecule has 1 aliphatic heterocycles. The van der Waals surface area contributed by atoms with E-state index in [1.807, 2.05) is 67.7 Å². The highest BCUT2D eigenvalue weighted by Crippen LogP contribution is 2.29. The number of nitrogens with zero attached hydrogens (tertiary/aromatic N) is 1. The Kier molecular flexibility index (Phi) is 25.6. The number of methoxy groups -OCH3 is 1. The molecule has 2 heterocycles. The summed E-state index contributed by atoms with van der Waals surface area (Å²) < 4.78 is 10.5. The molecule has 0 bridgehead atoms. The average molecular weight is 902 g/mol. The van der Waals surface area contributed by atoms with Crippen molar-refractivity contribution in [1.29, 1.82) is 0 Å². The summed E-state index contributed by atoms with van der Waals surface area (Å²) >= 11 is 0. The van der Waals surface area contributed by atoms with Crippen LogP contribution in [-0.4, -0.2) is 92.6 Å². The highest BCUT2D eigenvalue weighted by molar-refractivity contribution is 5.87. The Labute approximate surface area is 389 Å². The van der Waals surface area contributed by atoms with E-state index in [2.05, 4.69) is 63.4 Å². The lowest BCUT2D eigenvalue weighted by Gasteiger charge is -2.24. The molecule has 13 heteroatoms. The van der Waals surface area contributed by atoms with Gasteiger partial charge in [-0.25, -0.2) is 0 Å². The Hall–Kier alpha value is -6.48. The lowest BCUT2D eigenvalue weighted by Crippen LogP contribution is -2.29. The summed E-state index contributed by atoms with van der Waals surface area (Å²) in [5.41, 5.74) is 12.2. The Morgan fingerprint density at radius 3 is 1.97 bits per heavy atom. The molecule has 66 heavy (non-hydrogen) atoms. The first kappa shape index (κ1) is 53.9. The van der Waals surface area contributed by atoms with Gasteiger partial charge in [0, 0.05) is 49.3 Å². The van der Waals surface area contributed by atoms with Crippen molar-refractivity contribution in [1.82, 2.24) is 20.5 Å². The molecule has 0 radical (unpaired) electrons. The Bertz CT molecular complexity index is 2330. The molecular weight excluding hydrogens is 835 g/mol. The number of fused-ring (bicyclic) bond motifs is 1. The SMILES string of the molecule is CC(CNCc1ccc(C=O)cc1)c1ccc(O)c2[nH]c(=O)ccc12.CCN1CCCCC1.CNC(c1ccccc1)c1cccc(OCc2ccc(C=O)cc2)c1.COCCN.O=CO. The van der Waals surface area contributed by atoms with Gasteiger partial charge in [0.25, 0.3) is 6.47 Å². The van der Waals surface area contributed by atoms with Gasteiger partial charge >= 0.3 is 0 Å². The lowest BCUT2D eigenvalue weighted by atomic mass is 9.96. The number of aromatic hydroxyl groups is 1. The highest BCUT2D eigenvalue weighted by Gasteiger charge is 2.14. The molecule has 7 rings (SSSR count). The van der Waals surface area contributed by atoms with E-state index in [0.717, 1.165) is 52.5 Å². The summed E-state index contributed by atoms with van der Waals surface area (Å²) in [4.78, 5) is 46.4. The molecule has 13 nitrogen and oxygen atoms in total. The van der Waals surface area contributed by atoms with Crippen molar-refractivity contribution in [2.75, 3.05) is 53.5 Å². The number of H-pyrrole nitrogens is 1. The normalized spacial score (nSPS) is 12.7. The molecule has 0 saturated carbocycles. The number of rotatable bonds is 16. The van der Waals surface area contributed by atoms with Gasteiger partial charge in [0.05, 0.1) is 18.2 Å². The molecule has 352 valence electrons. The van der Waals surface area contributed by atoms with Crippen molar-refractivity contribution in [3.8, 4) is 11.5 Å². The largest absolute Gasteiger partial charge is 0.506 e. The number of nitrogens with two attached hydrogens (primary N) is 1. The standard InChI is InChI=1S/C22H21NO2.C20H20N2O3.C7H15N.C3H9NO.CH2O2/c1-23-22(19-6-3-2-4-7-19)20-8-5-9-21(14-20)25-16-18-12-10-17(15-24)11-13-18;1-13(10-21-11-14-2-4-15(12-23)5-3-14)16-6-8-18(24)20-17(16)7-9-19(25)22-20;1-2-8-6-4-3-5-7-8;1-5-3-2-4;2-1-3/h2-15,22-23H,16H2,1H3;2-9,12-13,21,24H,10-11H2,1H3,(H,22,25);2-7H2,1H3;2-4H2,1H3;1H,(H,2,3). The summed E-state index contributed by atoms with van der Waals surface area (Å²) in [6, 6.07) is 40.2. The van der Waals surface area contributed by atoms with Crippen molar-refractivity contribution < 1.29 is 34.1 Å². The van der Waals surface area contributed by atoms with Crippen molar-refractivity contribution in [3.63, 3.8) is 0 Å². The minimum Gasteiger partial charge on any atom is -0.506 e. The number of aldehydes is 2. The molecule has 5 aromatic carbocycles. The van der Waals surface area contributed by atoms with Crippen molar-refractivity contribution in [2.45, 2.75) is 58.2 Å². The number of hydrogen-bond donors (Lipinski definition) is 6. The van der Waals surface area contributed by atoms with Crippen LogP contribution in [-0.2, 0) is 22.7 Å². The second-order valence-electron chi connectivity index (χ2n) is 15.4. The number of phenolic OH excluding ortho intramolecular Hbond substituents is 1. The summed E-state index contributed by atoms with van der Waals surface area (Å²) in [5, 5.41) is 24.5. The van der Waals surface area contributed by atoms with E-state index >= 15 is 0 Å². The number of aromatic nitrogens is 1. The number of carbonyl (C=O) groups is 3. The molecule has 1 aliphatic rings. The number of piperidine rings is 1. The fourth-order valence-electron chi connectivity index (χ4n) is 7.15. The summed E-state index contributed by atoms with van der Waals surface area (Å²) in [5.74, 6) is 1.10. The van der Waals surface area contributed by atoms with E-state index in [-0.39, 0.29) is 29.7 Å². The molecule has 6 aromatic rings. The minimum absolute atomic E-state index is 0.0758. The smallest absolute Gasteiger partial charge is 0.290 e. The van der Waals surface area contributed by atoms with Gasteiger partial charge in [0.15, 0.2) is 0 Å². The lowest BCUT2D eigenvalue weighted by molar-refractivity contribution is -0.122. The molecular formula is C53H67N5O8. The molecule has 2 atom stereocenters. The maximum atomic E-state index is 11.5. The molecule has 2 unspecified atom stereocenters. The van der Waals surface area contributed by atoms with E-state index in [9.17, 15) is 19.5 Å². The van der Waals surface area contributed by atoms with Gasteiger partial charge in [-0.15, -0.1) is 0 Å². The van der Waals surface area contributed by atoms with E-state index in [0.29, 0.717) is 42.9 Å². The van der Waals surface area contributed by atoms with Crippen LogP contribution < -0.4 is 26.7 Å².